The third-order valence-electron chi connectivity index (χ3n) is 4.45. The SMILES string of the molecule is Nc1nc2ncc(CCc3ccc(C(=O)NC(CCOC=O)OC=O)cc3)nc2c(=O)[nH]1. The van der Waals surface area contributed by atoms with E-state index in [4.69, 9.17) is 10.5 Å². The fourth-order valence-electron chi connectivity index (χ4n) is 2.88. The third kappa shape index (κ3) is 5.84. The number of hydrogen-bond acceptors (Lipinski definition) is 10. The number of carbonyl (C=O) groups excluding carboxylic acids is 3. The summed E-state index contributed by atoms with van der Waals surface area (Å²) in [6.45, 7) is 0.477. The van der Waals surface area contributed by atoms with Gasteiger partial charge in [-0.05, 0) is 30.5 Å². The van der Waals surface area contributed by atoms with E-state index in [0.29, 0.717) is 24.1 Å². The van der Waals surface area contributed by atoms with Gasteiger partial charge in [-0.2, -0.15) is 4.98 Å². The number of ether oxygens (including phenoxy) is 2. The highest BCUT2D eigenvalue weighted by atomic mass is 16.5. The molecule has 2 aromatic heterocycles. The maximum Gasteiger partial charge on any atom is 0.295 e. The fourth-order valence-corrected chi connectivity index (χ4v) is 2.88. The molecule has 166 valence electrons. The zero-order valence-electron chi connectivity index (χ0n) is 16.8. The van der Waals surface area contributed by atoms with E-state index >= 15 is 0 Å². The van der Waals surface area contributed by atoms with Gasteiger partial charge in [0.2, 0.25) is 5.95 Å². The minimum absolute atomic E-state index is 0.00575. The number of nitrogens with zero attached hydrogens (tertiary/aromatic N) is 3. The lowest BCUT2D eigenvalue weighted by molar-refractivity contribution is -0.136. The molecular formula is C20H20N6O6. The lowest BCUT2D eigenvalue weighted by Crippen LogP contribution is -2.37. The number of rotatable bonds is 11. The smallest absolute Gasteiger partial charge is 0.295 e. The van der Waals surface area contributed by atoms with E-state index in [1.807, 2.05) is 0 Å². The van der Waals surface area contributed by atoms with Gasteiger partial charge in [-0.1, -0.05) is 12.1 Å². The molecule has 0 radical (unpaired) electrons. The van der Waals surface area contributed by atoms with Crippen molar-refractivity contribution in [2.24, 2.45) is 0 Å². The molecule has 2 heterocycles. The van der Waals surface area contributed by atoms with Crippen LogP contribution in [-0.2, 0) is 31.9 Å². The summed E-state index contributed by atoms with van der Waals surface area (Å²) in [5.41, 5.74) is 7.26. The number of amides is 1. The van der Waals surface area contributed by atoms with Crippen LogP contribution < -0.4 is 16.6 Å². The molecule has 1 aromatic carbocycles. The normalized spacial score (nSPS) is 11.5. The monoisotopic (exact) mass is 440 g/mol. The summed E-state index contributed by atoms with van der Waals surface area (Å²) in [6, 6.07) is 6.83. The van der Waals surface area contributed by atoms with Crippen LogP contribution in [0.2, 0.25) is 0 Å². The first kappa shape index (κ1) is 22.3. The van der Waals surface area contributed by atoms with Crippen molar-refractivity contribution >= 4 is 36.0 Å². The van der Waals surface area contributed by atoms with Gasteiger partial charge in [-0.15, -0.1) is 0 Å². The van der Waals surface area contributed by atoms with Crippen molar-refractivity contribution in [1.82, 2.24) is 25.3 Å². The number of nitrogen functional groups attached to an aromatic ring is 1. The lowest BCUT2D eigenvalue weighted by atomic mass is 10.1. The number of anilines is 1. The van der Waals surface area contributed by atoms with Crippen LogP contribution in [0, 0.1) is 0 Å². The van der Waals surface area contributed by atoms with Gasteiger partial charge in [-0.25, -0.2) is 9.97 Å². The molecule has 12 nitrogen and oxygen atoms in total. The third-order valence-corrected chi connectivity index (χ3v) is 4.45. The van der Waals surface area contributed by atoms with Crippen LogP contribution in [0.3, 0.4) is 0 Å². The summed E-state index contributed by atoms with van der Waals surface area (Å²) in [4.78, 5) is 59.8. The van der Waals surface area contributed by atoms with Crippen LogP contribution in [-0.4, -0.2) is 51.6 Å². The standard InChI is InChI=1S/C20H20N6O6/c21-20-25-17-16(19(30)26-20)23-14(9-22-17)6-3-12-1-4-13(5-2-12)18(29)24-15(32-11-28)7-8-31-10-27/h1-2,4-5,9-11,15H,3,6-8H2,(H,24,29)(H3,21,22,25,26,30). The molecule has 0 spiro atoms. The molecule has 0 aliphatic rings. The minimum Gasteiger partial charge on any atom is -0.468 e. The topological polar surface area (TPSA) is 179 Å². The van der Waals surface area contributed by atoms with Crippen molar-refractivity contribution in [2.45, 2.75) is 25.5 Å². The van der Waals surface area contributed by atoms with Gasteiger partial charge >= 0.3 is 0 Å². The Hall–Kier alpha value is -4.35. The molecule has 3 aromatic rings. The van der Waals surface area contributed by atoms with Crippen LogP contribution in [0.25, 0.3) is 11.2 Å². The number of aromatic amines is 1. The summed E-state index contributed by atoms with van der Waals surface area (Å²) in [5.74, 6) is -0.465. The van der Waals surface area contributed by atoms with E-state index in [9.17, 15) is 19.2 Å². The Morgan fingerprint density at radius 1 is 1.16 bits per heavy atom. The summed E-state index contributed by atoms with van der Waals surface area (Å²) in [6.07, 6.45) is 1.86. The van der Waals surface area contributed by atoms with Crippen molar-refractivity contribution in [2.75, 3.05) is 12.3 Å². The van der Waals surface area contributed by atoms with Gasteiger partial charge in [0.05, 0.1) is 18.5 Å². The van der Waals surface area contributed by atoms with Gasteiger partial charge in [0.25, 0.3) is 24.4 Å². The number of hydrogen-bond donors (Lipinski definition) is 3. The summed E-state index contributed by atoms with van der Waals surface area (Å²) < 4.78 is 9.33. The summed E-state index contributed by atoms with van der Waals surface area (Å²) in [5, 5.41) is 2.54. The first-order chi connectivity index (χ1) is 15.5. The highest BCUT2D eigenvalue weighted by Crippen LogP contribution is 2.10. The van der Waals surface area contributed by atoms with Crippen molar-refractivity contribution in [3.05, 3.63) is 57.6 Å². The van der Waals surface area contributed by atoms with E-state index in [1.165, 1.54) is 6.20 Å². The Kier molecular flexibility index (Phi) is 7.41. The molecule has 0 fully saturated rings. The molecule has 0 bridgehead atoms. The van der Waals surface area contributed by atoms with Crippen LogP contribution in [0.4, 0.5) is 5.95 Å². The Labute approximate surface area is 181 Å². The number of aryl methyl sites for hydroxylation is 2. The molecule has 12 heteroatoms. The van der Waals surface area contributed by atoms with Crippen LogP contribution >= 0.6 is 0 Å². The molecule has 0 saturated heterocycles. The van der Waals surface area contributed by atoms with E-state index in [1.54, 1.807) is 24.3 Å². The van der Waals surface area contributed by atoms with Crippen molar-refractivity contribution in [1.29, 1.82) is 0 Å². The van der Waals surface area contributed by atoms with Crippen molar-refractivity contribution < 1.29 is 23.9 Å². The molecule has 0 aliphatic heterocycles. The van der Waals surface area contributed by atoms with Crippen LogP contribution in [0.15, 0.2) is 35.3 Å². The molecule has 0 aliphatic carbocycles. The first-order valence-electron chi connectivity index (χ1n) is 9.55. The molecule has 4 N–H and O–H groups in total. The molecule has 3 rings (SSSR count). The van der Waals surface area contributed by atoms with Gasteiger partial charge in [0.15, 0.2) is 17.4 Å². The second-order valence-electron chi connectivity index (χ2n) is 6.63. The average molecular weight is 440 g/mol. The van der Waals surface area contributed by atoms with Gasteiger partial charge < -0.3 is 20.5 Å². The number of carbonyl (C=O) groups is 3. The highest BCUT2D eigenvalue weighted by molar-refractivity contribution is 5.94. The van der Waals surface area contributed by atoms with Gasteiger partial charge in [0, 0.05) is 12.0 Å². The first-order valence-corrected chi connectivity index (χ1v) is 9.55. The summed E-state index contributed by atoms with van der Waals surface area (Å²) >= 11 is 0. The molecule has 32 heavy (non-hydrogen) atoms. The fraction of sp³-hybridized carbons (Fsp3) is 0.250. The maximum absolute atomic E-state index is 12.4. The largest absolute Gasteiger partial charge is 0.468 e. The number of H-pyrrole nitrogens is 1. The predicted molar refractivity (Wildman–Crippen MR) is 111 cm³/mol. The molecule has 1 amide bonds. The van der Waals surface area contributed by atoms with E-state index in [0.717, 1.165) is 5.56 Å². The zero-order valence-corrected chi connectivity index (χ0v) is 16.8. The van der Waals surface area contributed by atoms with E-state index in [2.05, 4.69) is 30.0 Å². The summed E-state index contributed by atoms with van der Waals surface area (Å²) in [7, 11) is 0. The number of nitrogens with two attached hydrogens (primary N) is 1. The van der Waals surface area contributed by atoms with E-state index in [-0.39, 0.29) is 43.1 Å². The van der Waals surface area contributed by atoms with Crippen LogP contribution in [0.5, 0.6) is 0 Å². The minimum atomic E-state index is -0.918. The van der Waals surface area contributed by atoms with Crippen LogP contribution in [0.1, 0.15) is 28.0 Å². The molecule has 0 saturated carbocycles. The van der Waals surface area contributed by atoms with Gasteiger partial charge in [-0.3, -0.25) is 24.2 Å². The molecule has 1 atom stereocenters. The Bertz CT molecular complexity index is 1160. The van der Waals surface area contributed by atoms with Gasteiger partial charge in [0.1, 0.15) is 0 Å². The number of aromatic nitrogens is 4. The van der Waals surface area contributed by atoms with E-state index < -0.39 is 17.7 Å². The second kappa shape index (κ2) is 10.6. The highest BCUT2D eigenvalue weighted by Gasteiger charge is 2.15. The number of benzene rings is 1. The Morgan fingerprint density at radius 3 is 2.66 bits per heavy atom. The predicted octanol–water partition coefficient (Wildman–Crippen LogP) is -0.127. The average Bonchev–Trinajstić information content (AvgIpc) is 2.78. The second-order valence-corrected chi connectivity index (χ2v) is 6.63. The zero-order chi connectivity index (χ0) is 22.9. The number of fused-ring (bicyclic) bond motifs is 1. The molecular weight excluding hydrogens is 420 g/mol. The Balaban J connectivity index is 1.60. The van der Waals surface area contributed by atoms with Crippen molar-refractivity contribution in [3.8, 4) is 0 Å². The quantitative estimate of drug-likeness (QED) is 0.206. The van der Waals surface area contributed by atoms with Crippen molar-refractivity contribution in [3.63, 3.8) is 0 Å². The lowest BCUT2D eigenvalue weighted by Gasteiger charge is -2.16. The maximum atomic E-state index is 12.4. The Morgan fingerprint density at radius 2 is 1.94 bits per heavy atom. The number of nitrogens with one attached hydrogen (secondary N) is 2. The molecule has 1 unspecified atom stereocenters.